The van der Waals surface area contributed by atoms with Gasteiger partial charge in [0.1, 0.15) is 0 Å². The molecule has 1 aromatic heterocycles. The average Bonchev–Trinajstić information content (AvgIpc) is 2.62. The summed E-state index contributed by atoms with van der Waals surface area (Å²) in [6.07, 6.45) is 6.73. The van der Waals surface area contributed by atoms with Gasteiger partial charge in [-0.2, -0.15) is 0 Å². The number of hydrogen-bond acceptors (Lipinski definition) is 7. The number of nitrogens with zero attached hydrogens (tertiary/aromatic N) is 3. The third-order valence-corrected chi connectivity index (χ3v) is 4.43. The number of carboxylic acid groups (broad SMARTS) is 1. The third-order valence-electron chi connectivity index (χ3n) is 3.56. The topological polar surface area (TPSA) is 116 Å². The first-order valence-electron chi connectivity index (χ1n) is 7.80. The largest absolute Gasteiger partial charge is 0.483 e. The highest BCUT2D eigenvalue weighted by Crippen LogP contribution is 2.15. The average molecular weight is 356 g/mol. The lowest BCUT2D eigenvalue weighted by atomic mass is 10.0. The molecule has 9 heteroatoms. The maximum atomic E-state index is 11.8. The molecule has 0 spiro atoms. The minimum Gasteiger partial charge on any atom is -0.483 e. The van der Waals surface area contributed by atoms with Gasteiger partial charge in [-0.1, -0.05) is 18.2 Å². The van der Waals surface area contributed by atoms with Gasteiger partial charge in [0, 0.05) is 31.5 Å². The van der Waals surface area contributed by atoms with Crippen molar-refractivity contribution in [2.24, 2.45) is 0 Å². The van der Waals surface area contributed by atoms with Gasteiger partial charge < -0.3 is 15.5 Å². The molecule has 3 N–H and O–H groups in total. The molecule has 0 radical (unpaired) electrons. The number of rotatable bonds is 7. The van der Waals surface area contributed by atoms with E-state index in [0.717, 1.165) is 19.5 Å². The molecule has 1 amide bonds. The fourth-order valence-corrected chi connectivity index (χ4v) is 3.07. The normalized spacial score (nSPS) is 17.5. The third kappa shape index (κ3) is 8.23. The number of carbonyl (C=O) groups excluding carboxylic acids is 1. The Morgan fingerprint density at radius 3 is 2.79 bits per heavy atom. The molecule has 2 heterocycles. The van der Waals surface area contributed by atoms with Gasteiger partial charge in [-0.25, -0.2) is 9.97 Å². The van der Waals surface area contributed by atoms with E-state index in [1.165, 1.54) is 24.6 Å². The molecule has 1 aliphatic rings. The first-order chi connectivity index (χ1) is 11.7. The Hall–Kier alpha value is -1.71. The monoisotopic (exact) mass is 356 g/mol. The van der Waals surface area contributed by atoms with Gasteiger partial charge in [-0.05, 0) is 25.5 Å². The predicted molar refractivity (Wildman–Crippen MR) is 90.8 cm³/mol. The van der Waals surface area contributed by atoms with E-state index in [9.17, 15) is 9.90 Å². The summed E-state index contributed by atoms with van der Waals surface area (Å²) in [4.78, 5) is 30.5. The molecule has 0 aromatic carbocycles. The van der Waals surface area contributed by atoms with E-state index in [4.69, 9.17) is 9.90 Å². The number of aromatic nitrogens is 2. The van der Waals surface area contributed by atoms with E-state index in [2.05, 4.69) is 20.2 Å². The quantitative estimate of drug-likeness (QED) is 0.361. The summed E-state index contributed by atoms with van der Waals surface area (Å²) in [6, 6.07) is 2.00. The number of aliphatic hydroxyl groups excluding tert-OH is 1. The maximum absolute atomic E-state index is 11.8. The Bertz CT molecular complexity index is 478. The van der Waals surface area contributed by atoms with Crippen LogP contribution < -0.4 is 5.32 Å². The minimum absolute atomic E-state index is 0.00925. The summed E-state index contributed by atoms with van der Waals surface area (Å²) in [5, 5.41) is 19.7. The fourth-order valence-electron chi connectivity index (χ4n) is 2.44. The summed E-state index contributed by atoms with van der Waals surface area (Å²) in [6.45, 7) is 2.37. The highest BCUT2D eigenvalue weighted by molar-refractivity contribution is 7.99. The summed E-state index contributed by atoms with van der Waals surface area (Å²) >= 11 is 1.33. The van der Waals surface area contributed by atoms with Crippen molar-refractivity contribution in [2.75, 3.05) is 32.0 Å². The molecular formula is C15H24N4O4S. The number of hydrogen-bond donors (Lipinski definition) is 3. The lowest BCUT2D eigenvalue weighted by Gasteiger charge is -2.34. The van der Waals surface area contributed by atoms with Crippen molar-refractivity contribution in [3.8, 4) is 0 Å². The van der Waals surface area contributed by atoms with Crippen LogP contribution in [-0.4, -0.2) is 75.5 Å². The van der Waals surface area contributed by atoms with Crippen molar-refractivity contribution in [3.63, 3.8) is 0 Å². The van der Waals surface area contributed by atoms with E-state index in [1.54, 1.807) is 18.5 Å². The first-order valence-corrected chi connectivity index (χ1v) is 8.79. The van der Waals surface area contributed by atoms with Crippen LogP contribution in [0.5, 0.6) is 0 Å². The second kappa shape index (κ2) is 12.7. The van der Waals surface area contributed by atoms with Crippen molar-refractivity contribution < 1.29 is 19.8 Å². The van der Waals surface area contributed by atoms with Crippen LogP contribution in [0.4, 0.5) is 0 Å². The van der Waals surface area contributed by atoms with Gasteiger partial charge in [-0.3, -0.25) is 14.5 Å². The second-order valence-electron chi connectivity index (χ2n) is 5.14. The van der Waals surface area contributed by atoms with E-state index >= 15 is 0 Å². The number of nitrogens with one attached hydrogen (secondary N) is 1. The SMILES string of the molecule is O=C(CSc1ncccn1)NCCN1CCCCC1CO.O=CO. The lowest BCUT2D eigenvalue weighted by molar-refractivity contribution is -0.123. The van der Waals surface area contributed by atoms with Crippen molar-refractivity contribution in [1.82, 2.24) is 20.2 Å². The molecule has 1 unspecified atom stereocenters. The Kier molecular flexibility index (Phi) is 10.7. The van der Waals surface area contributed by atoms with Crippen LogP contribution >= 0.6 is 11.8 Å². The molecule has 0 bridgehead atoms. The molecule has 8 nitrogen and oxygen atoms in total. The zero-order chi connectivity index (χ0) is 17.6. The van der Waals surface area contributed by atoms with Crippen molar-refractivity contribution >= 4 is 24.1 Å². The van der Waals surface area contributed by atoms with Gasteiger partial charge in [-0.15, -0.1) is 0 Å². The predicted octanol–water partition coefficient (Wildman–Crippen LogP) is 0.233. The summed E-state index contributed by atoms with van der Waals surface area (Å²) in [7, 11) is 0. The van der Waals surface area contributed by atoms with Gasteiger partial charge in [0.25, 0.3) is 6.47 Å². The standard InChI is InChI=1S/C14H22N4O2S.CH2O2/c19-10-12-4-1-2-8-18(12)9-7-15-13(20)11-21-14-16-5-3-6-17-14;2-1-3/h3,5-6,12,19H,1-2,4,7-11H2,(H,15,20);1H,(H,2,3). The highest BCUT2D eigenvalue weighted by Gasteiger charge is 2.20. The smallest absolute Gasteiger partial charge is 0.290 e. The molecule has 1 atom stereocenters. The molecular weight excluding hydrogens is 332 g/mol. The van der Waals surface area contributed by atoms with Crippen molar-refractivity contribution in [3.05, 3.63) is 18.5 Å². The van der Waals surface area contributed by atoms with E-state index in [1.807, 2.05) is 0 Å². The number of amides is 1. The highest BCUT2D eigenvalue weighted by atomic mass is 32.2. The van der Waals surface area contributed by atoms with E-state index in [-0.39, 0.29) is 25.0 Å². The second-order valence-corrected chi connectivity index (χ2v) is 6.09. The first kappa shape index (κ1) is 20.3. The number of carbonyl (C=O) groups is 2. The zero-order valence-corrected chi connectivity index (χ0v) is 14.3. The molecule has 0 aliphatic carbocycles. The van der Waals surface area contributed by atoms with E-state index in [0.29, 0.717) is 17.5 Å². The fraction of sp³-hybridized carbons (Fsp3) is 0.600. The lowest BCUT2D eigenvalue weighted by Crippen LogP contribution is -2.45. The Labute approximate surface area is 145 Å². The van der Waals surface area contributed by atoms with Crippen molar-refractivity contribution in [2.45, 2.75) is 30.5 Å². The van der Waals surface area contributed by atoms with Crippen LogP contribution in [0.15, 0.2) is 23.6 Å². The molecule has 1 aromatic rings. The maximum Gasteiger partial charge on any atom is 0.290 e. The molecule has 134 valence electrons. The van der Waals surface area contributed by atoms with Gasteiger partial charge in [0.2, 0.25) is 5.91 Å². The number of likely N-dealkylation sites (tertiary alicyclic amines) is 1. The Balaban J connectivity index is 0.000000891. The van der Waals surface area contributed by atoms with Crippen LogP contribution in [-0.2, 0) is 9.59 Å². The Morgan fingerprint density at radius 1 is 1.42 bits per heavy atom. The molecule has 1 aliphatic heterocycles. The van der Waals surface area contributed by atoms with E-state index < -0.39 is 0 Å². The van der Waals surface area contributed by atoms with Crippen LogP contribution in [0.25, 0.3) is 0 Å². The van der Waals surface area contributed by atoms with Gasteiger partial charge >= 0.3 is 0 Å². The molecule has 1 fully saturated rings. The molecule has 1 saturated heterocycles. The van der Waals surface area contributed by atoms with Crippen LogP contribution in [0.1, 0.15) is 19.3 Å². The summed E-state index contributed by atoms with van der Waals surface area (Å²) in [5.41, 5.74) is 0. The summed E-state index contributed by atoms with van der Waals surface area (Å²) < 4.78 is 0. The van der Waals surface area contributed by atoms with Gasteiger partial charge in [0.05, 0.1) is 12.4 Å². The number of aliphatic hydroxyl groups is 1. The van der Waals surface area contributed by atoms with Crippen LogP contribution in [0.3, 0.4) is 0 Å². The molecule has 2 rings (SSSR count). The number of piperidine rings is 1. The number of thioether (sulfide) groups is 1. The molecule has 0 saturated carbocycles. The van der Waals surface area contributed by atoms with Crippen LogP contribution in [0.2, 0.25) is 0 Å². The van der Waals surface area contributed by atoms with Gasteiger partial charge in [0.15, 0.2) is 5.16 Å². The van der Waals surface area contributed by atoms with Crippen LogP contribution in [0, 0.1) is 0 Å². The summed E-state index contributed by atoms with van der Waals surface area (Å²) in [5.74, 6) is 0.318. The molecule has 24 heavy (non-hydrogen) atoms. The zero-order valence-electron chi connectivity index (χ0n) is 13.5. The minimum atomic E-state index is -0.250. The Morgan fingerprint density at radius 2 is 2.12 bits per heavy atom. The van der Waals surface area contributed by atoms with Crippen molar-refractivity contribution in [1.29, 1.82) is 0 Å².